The highest BCUT2D eigenvalue weighted by Crippen LogP contribution is 2.44. The van der Waals surface area contributed by atoms with E-state index >= 15 is 0 Å². The topological polar surface area (TPSA) is 78.3 Å². The maximum absolute atomic E-state index is 12.7. The summed E-state index contributed by atoms with van der Waals surface area (Å²) in [5.74, 6) is 2.45. The Morgan fingerprint density at radius 3 is 2.68 bits per heavy atom. The van der Waals surface area contributed by atoms with Crippen LogP contribution in [0.3, 0.4) is 0 Å². The van der Waals surface area contributed by atoms with Gasteiger partial charge in [0.15, 0.2) is 0 Å². The Bertz CT molecular complexity index is 1650. The van der Waals surface area contributed by atoms with Gasteiger partial charge in [-0.05, 0) is 48.9 Å². The van der Waals surface area contributed by atoms with Gasteiger partial charge in [0, 0.05) is 16.1 Å². The molecule has 38 heavy (non-hydrogen) atoms. The number of carbonyl (C=O) groups is 1. The second kappa shape index (κ2) is 10.3. The number of hydrogen-bond donors (Lipinski definition) is 1. The number of benzene rings is 3. The highest BCUT2D eigenvalue weighted by Gasteiger charge is 2.31. The lowest BCUT2D eigenvalue weighted by Gasteiger charge is -2.16. The molecule has 6 rings (SSSR count). The number of fused-ring (bicyclic) bond motifs is 2. The van der Waals surface area contributed by atoms with Crippen molar-refractivity contribution in [3.8, 4) is 16.6 Å². The summed E-state index contributed by atoms with van der Waals surface area (Å²) in [6.45, 7) is 2.36. The SMILES string of the molecule is COc1ccc2nc(-n3nc(C)c4c3NC(=O)CSC4c3ccc(OCc4ccccc4Cl)cc3)sc2c1. The van der Waals surface area contributed by atoms with E-state index in [2.05, 4.69) is 5.32 Å². The first-order valence-electron chi connectivity index (χ1n) is 11.9. The summed E-state index contributed by atoms with van der Waals surface area (Å²) in [4.78, 5) is 17.5. The first-order chi connectivity index (χ1) is 18.5. The van der Waals surface area contributed by atoms with Crippen LogP contribution in [0.4, 0.5) is 5.82 Å². The molecule has 1 amide bonds. The normalized spacial score (nSPS) is 15.1. The third-order valence-electron chi connectivity index (χ3n) is 6.31. The number of nitrogens with one attached hydrogen (secondary N) is 1. The Morgan fingerprint density at radius 1 is 1.11 bits per heavy atom. The quantitative estimate of drug-likeness (QED) is 0.245. The number of halogens is 1. The highest BCUT2D eigenvalue weighted by molar-refractivity contribution is 8.00. The molecule has 192 valence electrons. The number of thioether (sulfide) groups is 1. The van der Waals surface area contributed by atoms with E-state index in [1.54, 1.807) is 23.6 Å². The minimum Gasteiger partial charge on any atom is -0.497 e. The van der Waals surface area contributed by atoms with E-state index < -0.39 is 0 Å². The number of methoxy groups -OCH3 is 1. The van der Waals surface area contributed by atoms with Crippen molar-refractivity contribution in [3.05, 3.63) is 94.1 Å². The van der Waals surface area contributed by atoms with E-state index in [1.807, 2.05) is 73.7 Å². The van der Waals surface area contributed by atoms with Crippen molar-refractivity contribution in [2.75, 3.05) is 18.2 Å². The summed E-state index contributed by atoms with van der Waals surface area (Å²) >= 11 is 9.34. The van der Waals surface area contributed by atoms with Crippen LogP contribution in [-0.2, 0) is 11.4 Å². The molecule has 2 aromatic heterocycles. The number of amides is 1. The molecule has 1 atom stereocenters. The number of hydrogen-bond acceptors (Lipinski definition) is 7. The van der Waals surface area contributed by atoms with Crippen LogP contribution in [0.5, 0.6) is 11.5 Å². The predicted molar refractivity (Wildman–Crippen MR) is 153 cm³/mol. The number of aryl methyl sites for hydroxylation is 1. The summed E-state index contributed by atoms with van der Waals surface area (Å²) < 4.78 is 14.1. The lowest BCUT2D eigenvalue weighted by molar-refractivity contribution is -0.113. The van der Waals surface area contributed by atoms with E-state index in [4.69, 9.17) is 31.2 Å². The minimum atomic E-state index is -0.0789. The maximum atomic E-state index is 12.7. The van der Waals surface area contributed by atoms with E-state index in [1.165, 1.54) is 11.3 Å². The number of aromatic nitrogens is 3. The predicted octanol–water partition coefficient (Wildman–Crippen LogP) is 6.81. The molecule has 3 heterocycles. The van der Waals surface area contributed by atoms with Crippen LogP contribution in [0.1, 0.15) is 27.6 Å². The molecule has 7 nitrogen and oxygen atoms in total. The van der Waals surface area contributed by atoms with Crippen LogP contribution in [0, 0.1) is 6.92 Å². The summed E-state index contributed by atoms with van der Waals surface area (Å²) in [6.07, 6.45) is 0. The van der Waals surface area contributed by atoms with Gasteiger partial charge < -0.3 is 14.8 Å². The van der Waals surface area contributed by atoms with Crippen LogP contribution in [-0.4, -0.2) is 33.5 Å². The van der Waals surface area contributed by atoms with Gasteiger partial charge >= 0.3 is 0 Å². The smallest absolute Gasteiger partial charge is 0.235 e. The maximum Gasteiger partial charge on any atom is 0.235 e. The first kappa shape index (κ1) is 24.8. The van der Waals surface area contributed by atoms with Crippen molar-refractivity contribution in [2.45, 2.75) is 18.8 Å². The fourth-order valence-electron chi connectivity index (χ4n) is 4.41. The molecule has 1 unspecified atom stereocenters. The Hall–Kier alpha value is -3.53. The van der Waals surface area contributed by atoms with E-state index in [-0.39, 0.29) is 11.2 Å². The summed E-state index contributed by atoms with van der Waals surface area (Å²) in [7, 11) is 1.64. The number of carbonyl (C=O) groups excluding carboxylic acids is 1. The molecule has 0 fully saturated rings. The van der Waals surface area contributed by atoms with Crippen molar-refractivity contribution in [3.63, 3.8) is 0 Å². The van der Waals surface area contributed by atoms with E-state index in [9.17, 15) is 4.79 Å². The number of thiazole rings is 1. The fraction of sp³-hybridized carbons (Fsp3) is 0.179. The highest BCUT2D eigenvalue weighted by atomic mass is 35.5. The molecular weight excluding hydrogens is 540 g/mol. The molecule has 1 N–H and O–H groups in total. The summed E-state index contributed by atoms with van der Waals surface area (Å²) in [5.41, 5.74) is 4.67. The lowest BCUT2D eigenvalue weighted by atomic mass is 10.0. The van der Waals surface area contributed by atoms with Crippen molar-refractivity contribution >= 4 is 56.6 Å². The Labute approximate surface area is 232 Å². The van der Waals surface area contributed by atoms with Crippen molar-refractivity contribution in [2.24, 2.45) is 0 Å². The first-order valence-corrected chi connectivity index (χ1v) is 14.2. The largest absolute Gasteiger partial charge is 0.497 e. The zero-order valence-corrected chi connectivity index (χ0v) is 23.0. The van der Waals surface area contributed by atoms with Gasteiger partial charge in [0.05, 0.1) is 34.0 Å². The minimum absolute atomic E-state index is 0.0672. The standard InChI is InChI=1S/C28H23ClN4O3S2/c1-16-25-26(17-7-9-19(10-8-17)36-14-18-5-3-4-6-21(18)29)37-15-24(34)31-27(25)33(32-16)28-30-22-12-11-20(35-2)13-23(22)38-28/h3-13,26H,14-15H2,1-2H3,(H,31,34). The summed E-state index contributed by atoms with van der Waals surface area (Å²) in [5, 5.41) is 9.18. The number of nitrogens with zero attached hydrogens (tertiary/aromatic N) is 3. The molecule has 0 bridgehead atoms. The van der Waals surface area contributed by atoms with Crippen LogP contribution in [0.25, 0.3) is 15.3 Å². The molecule has 10 heteroatoms. The second-order valence-electron chi connectivity index (χ2n) is 8.78. The van der Waals surface area contributed by atoms with Crippen LogP contribution < -0.4 is 14.8 Å². The van der Waals surface area contributed by atoms with E-state index in [0.29, 0.717) is 28.3 Å². The van der Waals surface area contributed by atoms with Gasteiger partial charge in [-0.25, -0.2) is 4.98 Å². The average molecular weight is 563 g/mol. The van der Waals surface area contributed by atoms with Gasteiger partial charge in [0.1, 0.15) is 23.9 Å². The molecule has 0 radical (unpaired) electrons. The zero-order chi connectivity index (χ0) is 26.2. The van der Waals surface area contributed by atoms with Gasteiger partial charge in [0.25, 0.3) is 0 Å². The Morgan fingerprint density at radius 2 is 1.89 bits per heavy atom. The molecule has 0 saturated heterocycles. The zero-order valence-electron chi connectivity index (χ0n) is 20.6. The molecule has 0 aliphatic carbocycles. The molecular formula is C28H23ClN4O3S2. The van der Waals surface area contributed by atoms with Crippen molar-refractivity contribution in [1.82, 2.24) is 14.8 Å². The van der Waals surface area contributed by atoms with Gasteiger partial charge in [-0.2, -0.15) is 9.78 Å². The molecule has 1 aliphatic heterocycles. The van der Waals surface area contributed by atoms with Gasteiger partial charge in [-0.1, -0.05) is 53.3 Å². The molecule has 3 aromatic carbocycles. The second-order valence-corrected chi connectivity index (χ2v) is 11.3. The Balaban J connectivity index is 1.32. The van der Waals surface area contributed by atoms with Gasteiger partial charge in [0.2, 0.25) is 11.0 Å². The number of anilines is 1. The van der Waals surface area contributed by atoms with Crippen LogP contribution in [0.2, 0.25) is 5.02 Å². The third kappa shape index (κ3) is 4.73. The average Bonchev–Trinajstić information content (AvgIpc) is 3.43. The van der Waals surface area contributed by atoms with Crippen LogP contribution >= 0.6 is 34.7 Å². The lowest BCUT2D eigenvalue weighted by Crippen LogP contribution is -2.15. The Kier molecular flexibility index (Phi) is 6.73. The monoisotopic (exact) mass is 562 g/mol. The van der Waals surface area contributed by atoms with Crippen LogP contribution in [0.15, 0.2) is 66.7 Å². The molecule has 0 saturated carbocycles. The third-order valence-corrected chi connectivity index (χ3v) is 8.94. The number of rotatable bonds is 6. The molecule has 1 aliphatic rings. The van der Waals surface area contributed by atoms with Crippen molar-refractivity contribution < 1.29 is 14.3 Å². The van der Waals surface area contributed by atoms with Gasteiger partial charge in [-0.15, -0.1) is 11.8 Å². The van der Waals surface area contributed by atoms with E-state index in [0.717, 1.165) is 44.1 Å². The molecule has 5 aromatic rings. The summed E-state index contributed by atoms with van der Waals surface area (Å²) in [6, 6.07) is 21.4. The fourth-order valence-corrected chi connectivity index (χ4v) is 6.74. The van der Waals surface area contributed by atoms with Crippen molar-refractivity contribution in [1.29, 1.82) is 0 Å². The van der Waals surface area contributed by atoms with Gasteiger partial charge in [-0.3, -0.25) is 4.79 Å². The number of ether oxygens (including phenoxy) is 2. The molecule has 0 spiro atoms.